The first-order valence-electron chi connectivity index (χ1n) is 8.03. The van der Waals surface area contributed by atoms with Gasteiger partial charge in [0.2, 0.25) is 11.8 Å². The van der Waals surface area contributed by atoms with E-state index in [-0.39, 0.29) is 11.8 Å². The first-order valence-corrected chi connectivity index (χ1v) is 8.91. The molecule has 1 N–H and O–H groups in total. The molecule has 0 bridgehead atoms. The molecule has 1 unspecified atom stereocenters. The molecule has 2 aromatic rings. The van der Waals surface area contributed by atoms with Gasteiger partial charge in [-0.05, 0) is 31.7 Å². The Morgan fingerprint density at radius 3 is 2.96 bits per heavy atom. The lowest BCUT2D eigenvalue weighted by Gasteiger charge is -2.23. The Hall–Kier alpha value is -2.22. The van der Waals surface area contributed by atoms with Crippen LogP contribution >= 0.6 is 11.3 Å². The summed E-state index contributed by atoms with van der Waals surface area (Å²) in [6.07, 6.45) is 6.05. The summed E-state index contributed by atoms with van der Waals surface area (Å²) in [6, 6.07) is -0.392. The van der Waals surface area contributed by atoms with E-state index in [0.717, 1.165) is 17.7 Å². The largest absolute Gasteiger partial charge is 0.331 e. The number of anilines is 1. The first-order chi connectivity index (χ1) is 11.6. The molecule has 24 heavy (non-hydrogen) atoms. The van der Waals surface area contributed by atoms with Gasteiger partial charge in [-0.1, -0.05) is 0 Å². The van der Waals surface area contributed by atoms with Crippen molar-refractivity contribution in [2.24, 2.45) is 7.05 Å². The number of nitrogens with zero attached hydrogens (tertiary/aromatic N) is 4. The van der Waals surface area contributed by atoms with Crippen LogP contribution in [-0.4, -0.2) is 44.1 Å². The molecule has 8 heteroatoms. The Kier molecular flexibility index (Phi) is 4.94. The van der Waals surface area contributed by atoms with Crippen molar-refractivity contribution in [3.8, 4) is 0 Å². The third-order valence-corrected chi connectivity index (χ3v) is 5.17. The van der Waals surface area contributed by atoms with E-state index in [0.29, 0.717) is 30.9 Å². The molecule has 0 aliphatic carbocycles. The third-order valence-electron chi connectivity index (χ3n) is 4.48. The predicted molar refractivity (Wildman–Crippen MR) is 91.7 cm³/mol. The number of aromatic nitrogens is 3. The monoisotopic (exact) mass is 347 g/mol. The van der Waals surface area contributed by atoms with Crippen molar-refractivity contribution in [2.75, 3.05) is 11.9 Å². The van der Waals surface area contributed by atoms with Gasteiger partial charge in [0.15, 0.2) is 5.13 Å². The van der Waals surface area contributed by atoms with E-state index < -0.39 is 6.04 Å². The van der Waals surface area contributed by atoms with Gasteiger partial charge in [0.25, 0.3) is 0 Å². The van der Waals surface area contributed by atoms with Gasteiger partial charge in [0.05, 0.1) is 6.20 Å². The van der Waals surface area contributed by atoms with Crippen LogP contribution in [0.5, 0.6) is 0 Å². The summed E-state index contributed by atoms with van der Waals surface area (Å²) in [5.41, 5.74) is 2.15. The maximum absolute atomic E-state index is 12.6. The number of hydrogen-bond acceptors (Lipinski definition) is 5. The number of rotatable bonds is 5. The summed E-state index contributed by atoms with van der Waals surface area (Å²) in [6.45, 7) is 2.63. The number of carbonyl (C=O) groups excluding carboxylic acids is 2. The van der Waals surface area contributed by atoms with Crippen LogP contribution < -0.4 is 5.32 Å². The normalized spacial score (nSPS) is 17.2. The number of carbonyl (C=O) groups is 2. The van der Waals surface area contributed by atoms with Crippen LogP contribution in [0.15, 0.2) is 17.8 Å². The highest BCUT2D eigenvalue weighted by molar-refractivity contribution is 7.13. The highest BCUT2D eigenvalue weighted by atomic mass is 32.1. The zero-order valence-electron chi connectivity index (χ0n) is 13.9. The highest BCUT2D eigenvalue weighted by Crippen LogP contribution is 2.21. The average molecular weight is 347 g/mol. The van der Waals surface area contributed by atoms with Crippen LogP contribution in [0.2, 0.25) is 0 Å². The maximum Gasteiger partial charge on any atom is 0.248 e. The molecular weight excluding hydrogens is 326 g/mol. The van der Waals surface area contributed by atoms with Crippen molar-refractivity contribution in [1.82, 2.24) is 19.7 Å². The van der Waals surface area contributed by atoms with Gasteiger partial charge in [-0.3, -0.25) is 14.3 Å². The number of amides is 2. The minimum atomic E-state index is -0.392. The Bertz CT molecular complexity index is 725. The van der Waals surface area contributed by atoms with Crippen molar-refractivity contribution in [3.63, 3.8) is 0 Å². The van der Waals surface area contributed by atoms with Crippen molar-refractivity contribution < 1.29 is 9.59 Å². The second kappa shape index (κ2) is 7.12. The molecule has 0 saturated carbocycles. The predicted octanol–water partition coefficient (Wildman–Crippen LogP) is 1.75. The van der Waals surface area contributed by atoms with Crippen LogP contribution in [-0.2, 0) is 23.1 Å². The quantitative estimate of drug-likeness (QED) is 0.893. The topological polar surface area (TPSA) is 80.1 Å². The smallest absolute Gasteiger partial charge is 0.248 e. The summed E-state index contributed by atoms with van der Waals surface area (Å²) in [4.78, 5) is 30.7. The lowest BCUT2D eigenvalue weighted by atomic mass is 10.1. The minimum absolute atomic E-state index is 0.0232. The Labute approximate surface area is 144 Å². The van der Waals surface area contributed by atoms with Crippen LogP contribution in [0.1, 0.15) is 30.5 Å². The molecule has 3 rings (SSSR count). The average Bonchev–Trinajstić information content (AvgIpc) is 3.29. The molecule has 1 aliphatic heterocycles. The summed E-state index contributed by atoms with van der Waals surface area (Å²) in [5.74, 6) is -0.122. The molecule has 2 amide bonds. The molecule has 1 atom stereocenters. The zero-order valence-corrected chi connectivity index (χ0v) is 14.7. The van der Waals surface area contributed by atoms with Gasteiger partial charge >= 0.3 is 0 Å². The first kappa shape index (κ1) is 16.6. The molecular formula is C16H21N5O2S. The van der Waals surface area contributed by atoms with Crippen molar-refractivity contribution >= 4 is 28.3 Å². The van der Waals surface area contributed by atoms with Crippen molar-refractivity contribution in [1.29, 1.82) is 0 Å². The van der Waals surface area contributed by atoms with Gasteiger partial charge in [0, 0.05) is 37.3 Å². The van der Waals surface area contributed by atoms with E-state index >= 15 is 0 Å². The van der Waals surface area contributed by atoms with E-state index in [4.69, 9.17) is 0 Å². The van der Waals surface area contributed by atoms with E-state index in [9.17, 15) is 9.59 Å². The Balaban J connectivity index is 1.59. The van der Waals surface area contributed by atoms with E-state index in [1.165, 1.54) is 11.3 Å². The summed E-state index contributed by atoms with van der Waals surface area (Å²) in [5, 5.41) is 9.38. The van der Waals surface area contributed by atoms with Gasteiger partial charge in [-0.25, -0.2) is 4.98 Å². The van der Waals surface area contributed by atoms with Gasteiger partial charge in [-0.2, -0.15) is 5.10 Å². The lowest BCUT2D eigenvalue weighted by Crippen LogP contribution is -2.43. The number of aryl methyl sites for hydroxylation is 2. The molecule has 0 aromatic carbocycles. The summed E-state index contributed by atoms with van der Waals surface area (Å²) in [7, 11) is 1.89. The van der Waals surface area contributed by atoms with Crippen LogP contribution in [0.3, 0.4) is 0 Å². The lowest BCUT2D eigenvalue weighted by molar-refractivity contribution is -0.136. The van der Waals surface area contributed by atoms with E-state index in [1.807, 2.05) is 19.4 Å². The van der Waals surface area contributed by atoms with Crippen LogP contribution in [0, 0.1) is 6.92 Å². The number of thiazole rings is 1. The van der Waals surface area contributed by atoms with Gasteiger partial charge < -0.3 is 10.2 Å². The van der Waals surface area contributed by atoms with Crippen LogP contribution in [0.4, 0.5) is 5.13 Å². The second-order valence-corrected chi connectivity index (χ2v) is 6.85. The molecule has 0 radical (unpaired) electrons. The second-order valence-electron chi connectivity index (χ2n) is 5.95. The Morgan fingerprint density at radius 2 is 2.29 bits per heavy atom. The number of hydrogen-bond donors (Lipinski definition) is 1. The molecule has 1 saturated heterocycles. The summed E-state index contributed by atoms with van der Waals surface area (Å²) < 4.78 is 1.81. The maximum atomic E-state index is 12.6. The molecule has 7 nitrogen and oxygen atoms in total. The number of nitrogens with one attached hydrogen (secondary N) is 1. The SMILES string of the molecule is Cc1c(CCC(=O)N2CCCC2C(=O)Nc2nccs2)cnn1C. The third kappa shape index (κ3) is 3.48. The Morgan fingerprint density at radius 1 is 1.46 bits per heavy atom. The van der Waals surface area contributed by atoms with Crippen molar-refractivity contribution in [2.45, 2.75) is 38.6 Å². The molecule has 128 valence electrons. The fourth-order valence-electron chi connectivity index (χ4n) is 2.99. The van der Waals surface area contributed by atoms with Crippen molar-refractivity contribution in [3.05, 3.63) is 29.0 Å². The molecule has 1 fully saturated rings. The fourth-order valence-corrected chi connectivity index (χ4v) is 3.52. The van der Waals surface area contributed by atoms with Gasteiger partial charge in [0.1, 0.15) is 6.04 Å². The molecule has 2 aromatic heterocycles. The molecule has 0 spiro atoms. The number of likely N-dealkylation sites (tertiary alicyclic amines) is 1. The van der Waals surface area contributed by atoms with E-state index in [2.05, 4.69) is 15.4 Å². The van der Waals surface area contributed by atoms with Gasteiger partial charge in [-0.15, -0.1) is 11.3 Å². The summed E-state index contributed by atoms with van der Waals surface area (Å²) >= 11 is 1.38. The zero-order chi connectivity index (χ0) is 17.1. The fraction of sp³-hybridized carbons (Fsp3) is 0.500. The standard InChI is InChI=1S/C16H21N5O2S/c1-11-12(10-18-20(11)2)5-6-14(22)21-8-3-4-13(21)15(23)19-16-17-7-9-24-16/h7,9-10,13H,3-6,8H2,1-2H3,(H,17,19,23). The molecule has 3 heterocycles. The highest BCUT2D eigenvalue weighted by Gasteiger charge is 2.34. The van der Waals surface area contributed by atoms with Crippen LogP contribution in [0.25, 0.3) is 0 Å². The van der Waals surface area contributed by atoms with E-state index in [1.54, 1.807) is 22.0 Å². The minimum Gasteiger partial charge on any atom is -0.331 e. The molecule has 1 aliphatic rings.